The molecule has 2 unspecified atom stereocenters. The van der Waals surface area contributed by atoms with Crippen LogP contribution in [-0.4, -0.2) is 48.9 Å². The van der Waals surface area contributed by atoms with Gasteiger partial charge in [-0.2, -0.15) is 13.2 Å². The van der Waals surface area contributed by atoms with Crippen LogP contribution in [0, 0.1) is 5.92 Å². The lowest BCUT2D eigenvalue weighted by Crippen LogP contribution is -2.40. The summed E-state index contributed by atoms with van der Waals surface area (Å²) in [6, 6.07) is -0.235. The van der Waals surface area contributed by atoms with Gasteiger partial charge in [-0.15, -0.1) is 0 Å². The Morgan fingerprint density at radius 2 is 2.05 bits per heavy atom. The normalized spacial score (nSPS) is 23.9. The van der Waals surface area contributed by atoms with Gasteiger partial charge in [-0.25, -0.2) is 0 Å². The minimum Gasteiger partial charge on any atom is -0.370 e. The molecule has 0 bridgehead atoms. The van der Waals surface area contributed by atoms with Gasteiger partial charge in [-0.3, -0.25) is 10.1 Å². The maximum atomic E-state index is 12.1. The summed E-state index contributed by atoms with van der Waals surface area (Å²) in [6.07, 6.45) is -2.98. The maximum absolute atomic E-state index is 12.1. The lowest BCUT2D eigenvalue weighted by atomic mass is 10.1. The molecule has 1 heterocycles. The maximum Gasteiger partial charge on any atom is 0.411 e. The van der Waals surface area contributed by atoms with E-state index in [0.29, 0.717) is 12.3 Å². The molecule has 1 saturated heterocycles. The Morgan fingerprint density at radius 1 is 1.40 bits per heavy atom. The van der Waals surface area contributed by atoms with Gasteiger partial charge in [-0.05, 0) is 18.8 Å². The van der Waals surface area contributed by atoms with Crippen molar-refractivity contribution in [2.75, 3.05) is 19.8 Å². The molecular weight excluding hydrogens is 273 g/mol. The number of hydrogen-bond acceptors (Lipinski definition) is 3. The van der Waals surface area contributed by atoms with Crippen molar-refractivity contribution in [3.63, 3.8) is 0 Å². The fourth-order valence-corrected chi connectivity index (χ4v) is 2.30. The molecule has 0 aromatic rings. The number of halogens is 3. The Hall–Kier alpha value is -0.820. The van der Waals surface area contributed by atoms with E-state index in [0.717, 1.165) is 6.42 Å². The Morgan fingerprint density at radius 3 is 2.55 bits per heavy atom. The van der Waals surface area contributed by atoms with Crippen LogP contribution in [0.5, 0.6) is 0 Å². The van der Waals surface area contributed by atoms with Crippen LogP contribution in [0.25, 0.3) is 0 Å². The SMILES string of the molecule is CCC1NC(CC(C)C)N(CCOCC(F)(F)F)C1=O. The van der Waals surface area contributed by atoms with Crippen LogP contribution in [0.4, 0.5) is 13.2 Å². The zero-order chi connectivity index (χ0) is 15.3. The quantitative estimate of drug-likeness (QED) is 0.732. The lowest BCUT2D eigenvalue weighted by Gasteiger charge is -2.25. The minimum atomic E-state index is -4.32. The summed E-state index contributed by atoms with van der Waals surface area (Å²) in [7, 11) is 0. The van der Waals surface area contributed by atoms with E-state index in [1.807, 2.05) is 20.8 Å². The third-order valence-electron chi connectivity index (χ3n) is 3.20. The molecule has 0 spiro atoms. The van der Waals surface area contributed by atoms with Crippen LogP contribution in [0.15, 0.2) is 0 Å². The predicted molar refractivity (Wildman–Crippen MR) is 69.0 cm³/mol. The molecule has 0 saturated carbocycles. The highest BCUT2D eigenvalue weighted by Crippen LogP contribution is 2.19. The molecule has 20 heavy (non-hydrogen) atoms. The van der Waals surface area contributed by atoms with Crippen molar-refractivity contribution in [1.29, 1.82) is 0 Å². The number of carbonyl (C=O) groups is 1. The molecule has 1 fully saturated rings. The van der Waals surface area contributed by atoms with Crippen LogP contribution in [0.1, 0.15) is 33.6 Å². The summed E-state index contributed by atoms with van der Waals surface area (Å²) < 4.78 is 40.5. The summed E-state index contributed by atoms with van der Waals surface area (Å²) in [6.45, 7) is 4.82. The average molecular weight is 296 g/mol. The summed E-state index contributed by atoms with van der Waals surface area (Å²) in [5.74, 6) is 0.350. The topological polar surface area (TPSA) is 41.6 Å². The van der Waals surface area contributed by atoms with E-state index >= 15 is 0 Å². The van der Waals surface area contributed by atoms with Gasteiger partial charge in [-0.1, -0.05) is 20.8 Å². The molecule has 0 aromatic carbocycles. The van der Waals surface area contributed by atoms with Gasteiger partial charge in [0.2, 0.25) is 5.91 Å². The molecule has 4 nitrogen and oxygen atoms in total. The van der Waals surface area contributed by atoms with Crippen LogP contribution in [0.2, 0.25) is 0 Å². The van der Waals surface area contributed by atoms with Crippen molar-refractivity contribution in [1.82, 2.24) is 10.2 Å². The molecule has 1 amide bonds. The molecule has 1 N–H and O–H groups in total. The van der Waals surface area contributed by atoms with E-state index in [4.69, 9.17) is 0 Å². The Bertz CT molecular complexity index is 321. The Labute approximate surface area is 117 Å². The smallest absolute Gasteiger partial charge is 0.370 e. The summed E-state index contributed by atoms with van der Waals surface area (Å²) >= 11 is 0. The van der Waals surface area contributed by atoms with E-state index in [9.17, 15) is 18.0 Å². The van der Waals surface area contributed by atoms with Gasteiger partial charge in [0.25, 0.3) is 0 Å². The van der Waals surface area contributed by atoms with Crippen LogP contribution in [0.3, 0.4) is 0 Å². The van der Waals surface area contributed by atoms with Crippen molar-refractivity contribution >= 4 is 5.91 Å². The van der Waals surface area contributed by atoms with Gasteiger partial charge in [0.1, 0.15) is 6.61 Å². The van der Waals surface area contributed by atoms with Gasteiger partial charge >= 0.3 is 6.18 Å². The zero-order valence-corrected chi connectivity index (χ0v) is 12.2. The van der Waals surface area contributed by atoms with E-state index in [1.54, 1.807) is 4.90 Å². The molecule has 118 valence electrons. The van der Waals surface area contributed by atoms with E-state index in [1.165, 1.54) is 0 Å². The van der Waals surface area contributed by atoms with Crippen LogP contribution in [-0.2, 0) is 9.53 Å². The molecule has 0 aromatic heterocycles. The highest BCUT2D eigenvalue weighted by molar-refractivity contribution is 5.84. The first-order valence-electron chi connectivity index (χ1n) is 6.95. The Balaban J connectivity index is 2.48. The summed E-state index contributed by atoms with van der Waals surface area (Å²) in [4.78, 5) is 13.7. The van der Waals surface area contributed by atoms with E-state index in [2.05, 4.69) is 10.1 Å². The number of rotatable bonds is 7. The number of amides is 1. The third kappa shape index (κ3) is 5.28. The number of ether oxygens (including phenoxy) is 1. The van der Waals surface area contributed by atoms with Gasteiger partial charge in [0, 0.05) is 6.54 Å². The van der Waals surface area contributed by atoms with Crippen molar-refractivity contribution in [3.8, 4) is 0 Å². The molecule has 0 radical (unpaired) electrons. The first-order chi connectivity index (χ1) is 9.24. The van der Waals surface area contributed by atoms with Gasteiger partial charge in [0.15, 0.2) is 0 Å². The molecule has 7 heteroatoms. The fourth-order valence-electron chi connectivity index (χ4n) is 2.30. The number of hydrogen-bond donors (Lipinski definition) is 1. The molecule has 0 aliphatic carbocycles. The van der Waals surface area contributed by atoms with Crippen molar-refractivity contribution in [2.45, 2.75) is 52.0 Å². The number of nitrogens with one attached hydrogen (secondary N) is 1. The van der Waals surface area contributed by atoms with Crippen molar-refractivity contribution in [3.05, 3.63) is 0 Å². The second-order valence-electron chi connectivity index (χ2n) is 5.47. The molecule has 1 aliphatic heterocycles. The average Bonchev–Trinajstić information content (AvgIpc) is 2.60. The third-order valence-corrected chi connectivity index (χ3v) is 3.20. The largest absolute Gasteiger partial charge is 0.411 e. The van der Waals surface area contributed by atoms with E-state index < -0.39 is 12.8 Å². The highest BCUT2D eigenvalue weighted by atomic mass is 19.4. The van der Waals surface area contributed by atoms with Gasteiger partial charge in [0.05, 0.1) is 18.8 Å². The highest BCUT2D eigenvalue weighted by Gasteiger charge is 2.37. The first-order valence-corrected chi connectivity index (χ1v) is 6.95. The minimum absolute atomic E-state index is 0.0474. The second kappa shape index (κ2) is 7.26. The molecular formula is C13H23F3N2O2. The number of alkyl halides is 3. The monoisotopic (exact) mass is 296 g/mol. The van der Waals surface area contributed by atoms with Gasteiger partial charge < -0.3 is 9.64 Å². The fraction of sp³-hybridized carbons (Fsp3) is 0.923. The zero-order valence-electron chi connectivity index (χ0n) is 12.2. The molecule has 2 atom stereocenters. The first kappa shape index (κ1) is 17.2. The second-order valence-corrected chi connectivity index (χ2v) is 5.47. The van der Waals surface area contributed by atoms with Crippen LogP contribution >= 0.6 is 0 Å². The number of nitrogens with zero attached hydrogens (tertiary/aromatic N) is 1. The van der Waals surface area contributed by atoms with Crippen molar-refractivity contribution < 1.29 is 22.7 Å². The van der Waals surface area contributed by atoms with Crippen LogP contribution < -0.4 is 5.32 Å². The molecule has 1 rings (SSSR count). The predicted octanol–water partition coefficient (Wildman–Crippen LogP) is 2.15. The van der Waals surface area contributed by atoms with Crippen molar-refractivity contribution in [2.24, 2.45) is 5.92 Å². The number of carbonyl (C=O) groups excluding carboxylic acids is 1. The summed E-state index contributed by atoms with van der Waals surface area (Å²) in [5.41, 5.74) is 0. The summed E-state index contributed by atoms with van der Waals surface area (Å²) in [5, 5.41) is 3.23. The molecule has 1 aliphatic rings. The Kier molecular flexibility index (Phi) is 6.26. The lowest BCUT2D eigenvalue weighted by molar-refractivity contribution is -0.175. The standard InChI is InChI=1S/C13H23F3N2O2/c1-4-10-12(19)18(11(17-10)7-9(2)3)5-6-20-8-13(14,15)16/h9-11,17H,4-8H2,1-3H3. The van der Waals surface area contributed by atoms with E-state index in [-0.39, 0.29) is 31.3 Å².